The SMILES string of the molecule is O=C1NC(=S)N(c2ccccc2)C(=O)/C1=C\c1ccc(OCc2ccccc2F)cc1. The summed E-state index contributed by atoms with van der Waals surface area (Å²) in [5.74, 6) is -0.842. The molecule has 1 aliphatic rings. The third-order valence-electron chi connectivity index (χ3n) is 4.66. The molecule has 0 atom stereocenters. The van der Waals surface area contributed by atoms with Crippen LogP contribution in [-0.4, -0.2) is 16.9 Å². The van der Waals surface area contributed by atoms with Gasteiger partial charge < -0.3 is 4.74 Å². The van der Waals surface area contributed by atoms with Crippen LogP contribution >= 0.6 is 12.2 Å². The Labute approximate surface area is 183 Å². The molecule has 4 rings (SSSR count). The molecule has 3 aromatic rings. The average Bonchev–Trinajstić information content (AvgIpc) is 2.77. The van der Waals surface area contributed by atoms with E-state index in [0.29, 0.717) is 22.6 Å². The number of para-hydroxylation sites is 1. The summed E-state index contributed by atoms with van der Waals surface area (Å²) >= 11 is 5.18. The minimum Gasteiger partial charge on any atom is -0.489 e. The highest BCUT2D eigenvalue weighted by Crippen LogP contribution is 2.23. The number of rotatable bonds is 5. The lowest BCUT2D eigenvalue weighted by Crippen LogP contribution is -2.54. The summed E-state index contributed by atoms with van der Waals surface area (Å²) in [6.45, 7) is 0.0947. The van der Waals surface area contributed by atoms with Crippen LogP contribution in [-0.2, 0) is 16.2 Å². The number of anilines is 1. The van der Waals surface area contributed by atoms with Crippen LogP contribution in [0.15, 0.2) is 84.4 Å². The minimum absolute atomic E-state index is 0.0301. The van der Waals surface area contributed by atoms with Crippen molar-refractivity contribution < 1.29 is 18.7 Å². The summed E-state index contributed by atoms with van der Waals surface area (Å²) in [6, 6.07) is 22.1. The van der Waals surface area contributed by atoms with Gasteiger partial charge in [-0.2, -0.15) is 0 Å². The van der Waals surface area contributed by atoms with Crippen molar-refractivity contribution in [1.82, 2.24) is 5.32 Å². The van der Waals surface area contributed by atoms with Gasteiger partial charge in [0.25, 0.3) is 11.8 Å². The molecule has 5 nitrogen and oxygen atoms in total. The van der Waals surface area contributed by atoms with Crippen LogP contribution < -0.4 is 15.0 Å². The third-order valence-corrected chi connectivity index (χ3v) is 4.94. The number of benzene rings is 3. The maximum Gasteiger partial charge on any atom is 0.270 e. The largest absolute Gasteiger partial charge is 0.489 e. The van der Waals surface area contributed by atoms with Gasteiger partial charge in [0.2, 0.25) is 0 Å². The van der Waals surface area contributed by atoms with E-state index in [1.54, 1.807) is 66.7 Å². The standard InChI is InChI=1S/C24H17FN2O3S/c25-21-9-5-4-6-17(21)15-30-19-12-10-16(11-13-19)14-20-22(28)26-24(31)27(23(20)29)18-7-2-1-3-8-18/h1-14H,15H2,(H,26,28,31)/b20-14-. The molecule has 1 aliphatic heterocycles. The fourth-order valence-electron chi connectivity index (χ4n) is 3.07. The molecule has 0 saturated carbocycles. The molecule has 0 radical (unpaired) electrons. The number of thiocarbonyl (C=S) groups is 1. The van der Waals surface area contributed by atoms with Gasteiger partial charge in [-0.15, -0.1) is 0 Å². The van der Waals surface area contributed by atoms with Crippen molar-refractivity contribution in [1.29, 1.82) is 0 Å². The highest BCUT2D eigenvalue weighted by molar-refractivity contribution is 7.80. The monoisotopic (exact) mass is 432 g/mol. The Hall–Kier alpha value is -3.84. The van der Waals surface area contributed by atoms with Crippen LogP contribution in [0.25, 0.3) is 6.08 Å². The molecule has 0 aromatic heterocycles. The normalized spacial score (nSPS) is 15.2. The second-order valence-corrected chi connectivity index (χ2v) is 7.13. The number of nitrogens with one attached hydrogen (secondary N) is 1. The molecular weight excluding hydrogens is 415 g/mol. The van der Waals surface area contributed by atoms with Crippen LogP contribution in [0.2, 0.25) is 0 Å². The first-order valence-corrected chi connectivity index (χ1v) is 9.86. The van der Waals surface area contributed by atoms with E-state index in [1.807, 2.05) is 6.07 Å². The number of nitrogens with zero attached hydrogens (tertiary/aromatic N) is 1. The van der Waals surface area contributed by atoms with E-state index < -0.39 is 11.8 Å². The van der Waals surface area contributed by atoms with Crippen LogP contribution in [0, 0.1) is 5.82 Å². The summed E-state index contributed by atoms with van der Waals surface area (Å²) in [7, 11) is 0. The molecule has 1 saturated heterocycles. The first-order valence-electron chi connectivity index (χ1n) is 9.46. The van der Waals surface area contributed by atoms with Crippen LogP contribution in [0.4, 0.5) is 10.1 Å². The molecule has 1 heterocycles. The van der Waals surface area contributed by atoms with Gasteiger partial charge in [0, 0.05) is 5.56 Å². The Balaban J connectivity index is 1.52. The molecule has 1 fully saturated rings. The van der Waals surface area contributed by atoms with Crippen molar-refractivity contribution >= 4 is 40.9 Å². The fourth-order valence-corrected chi connectivity index (χ4v) is 3.35. The summed E-state index contributed by atoms with van der Waals surface area (Å²) in [5.41, 5.74) is 1.63. The Morgan fingerprint density at radius 1 is 0.935 bits per heavy atom. The van der Waals surface area contributed by atoms with Crippen molar-refractivity contribution in [3.8, 4) is 5.75 Å². The minimum atomic E-state index is -0.554. The van der Waals surface area contributed by atoms with Gasteiger partial charge in [-0.1, -0.05) is 48.5 Å². The van der Waals surface area contributed by atoms with Crippen LogP contribution in [0.1, 0.15) is 11.1 Å². The number of halogens is 1. The molecule has 31 heavy (non-hydrogen) atoms. The Morgan fingerprint density at radius 2 is 1.61 bits per heavy atom. The Morgan fingerprint density at radius 3 is 2.32 bits per heavy atom. The van der Waals surface area contributed by atoms with E-state index in [-0.39, 0.29) is 23.1 Å². The van der Waals surface area contributed by atoms with Crippen molar-refractivity contribution in [3.05, 3.63) is 101 Å². The lowest BCUT2D eigenvalue weighted by Gasteiger charge is -2.28. The predicted octanol–water partition coefficient (Wildman–Crippen LogP) is 4.24. The van der Waals surface area contributed by atoms with Gasteiger partial charge in [-0.25, -0.2) is 4.39 Å². The molecule has 0 aliphatic carbocycles. The number of carbonyl (C=O) groups is 2. The number of ether oxygens (including phenoxy) is 1. The zero-order valence-electron chi connectivity index (χ0n) is 16.2. The maximum atomic E-state index is 13.7. The third kappa shape index (κ3) is 4.51. The van der Waals surface area contributed by atoms with Crippen molar-refractivity contribution in [3.63, 3.8) is 0 Å². The fraction of sp³-hybridized carbons (Fsp3) is 0.0417. The zero-order chi connectivity index (χ0) is 21.8. The van der Waals surface area contributed by atoms with E-state index in [0.717, 1.165) is 0 Å². The first-order chi connectivity index (χ1) is 15.0. The maximum absolute atomic E-state index is 13.7. The summed E-state index contributed by atoms with van der Waals surface area (Å²) in [6.07, 6.45) is 1.50. The molecule has 0 unspecified atom stereocenters. The molecule has 3 aromatic carbocycles. The van der Waals surface area contributed by atoms with Crippen molar-refractivity contribution in [2.75, 3.05) is 4.90 Å². The molecule has 1 N–H and O–H groups in total. The van der Waals surface area contributed by atoms with Gasteiger partial charge in [0.05, 0.1) is 5.69 Å². The Bertz CT molecular complexity index is 1180. The van der Waals surface area contributed by atoms with E-state index in [2.05, 4.69) is 5.32 Å². The highest BCUT2D eigenvalue weighted by atomic mass is 32.1. The van der Waals surface area contributed by atoms with E-state index in [4.69, 9.17) is 17.0 Å². The second-order valence-electron chi connectivity index (χ2n) is 6.74. The second kappa shape index (κ2) is 8.89. The summed E-state index contributed by atoms with van der Waals surface area (Å²) < 4.78 is 19.3. The van der Waals surface area contributed by atoms with Gasteiger partial charge in [0.1, 0.15) is 23.7 Å². The van der Waals surface area contributed by atoms with Crippen LogP contribution in [0.5, 0.6) is 5.75 Å². The molecule has 154 valence electrons. The number of amides is 2. The molecule has 0 spiro atoms. The van der Waals surface area contributed by atoms with Gasteiger partial charge in [-0.05, 0) is 54.2 Å². The Kier molecular flexibility index (Phi) is 5.86. The predicted molar refractivity (Wildman–Crippen MR) is 120 cm³/mol. The van der Waals surface area contributed by atoms with E-state index in [1.165, 1.54) is 17.0 Å². The van der Waals surface area contributed by atoms with Crippen LogP contribution in [0.3, 0.4) is 0 Å². The van der Waals surface area contributed by atoms with Gasteiger partial charge >= 0.3 is 0 Å². The van der Waals surface area contributed by atoms with Gasteiger partial charge in [-0.3, -0.25) is 19.8 Å². The quantitative estimate of drug-likeness (QED) is 0.372. The van der Waals surface area contributed by atoms with E-state index in [9.17, 15) is 14.0 Å². The molecule has 0 bridgehead atoms. The summed E-state index contributed by atoms with van der Waals surface area (Å²) in [5, 5.41) is 2.59. The average molecular weight is 432 g/mol. The lowest BCUT2D eigenvalue weighted by atomic mass is 10.1. The topological polar surface area (TPSA) is 58.6 Å². The number of hydrogen-bond acceptors (Lipinski definition) is 4. The number of carbonyl (C=O) groups excluding carboxylic acids is 2. The zero-order valence-corrected chi connectivity index (χ0v) is 17.1. The van der Waals surface area contributed by atoms with Crippen molar-refractivity contribution in [2.24, 2.45) is 0 Å². The molecular formula is C24H17FN2O3S. The van der Waals surface area contributed by atoms with Gasteiger partial charge in [0.15, 0.2) is 5.11 Å². The van der Waals surface area contributed by atoms with E-state index >= 15 is 0 Å². The summed E-state index contributed by atoms with van der Waals surface area (Å²) in [4.78, 5) is 26.6. The number of hydrogen-bond donors (Lipinski definition) is 1. The smallest absolute Gasteiger partial charge is 0.270 e. The van der Waals surface area contributed by atoms with Crippen molar-refractivity contribution in [2.45, 2.75) is 6.61 Å². The molecule has 2 amide bonds. The molecule has 7 heteroatoms. The first kappa shape index (κ1) is 20.4. The highest BCUT2D eigenvalue weighted by Gasteiger charge is 2.34. The lowest BCUT2D eigenvalue weighted by molar-refractivity contribution is -0.122.